The molecule has 2 saturated carbocycles. The Morgan fingerprint density at radius 1 is 1.00 bits per heavy atom. The zero-order chi connectivity index (χ0) is 25.8. The number of nitrogens with zero attached hydrogens (tertiary/aromatic N) is 2. The number of hydrogen-bond acceptors (Lipinski definition) is 5. The number of nitrogens with one attached hydrogen (secondary N) is 1. The molecule has 0 spiro atoms. The lowest BCUT2D eigenvalue weighted by Gasteiger charge is -2.43. The second-order valence-corrected chi connectivity index (χ2v) is 12.0. The number of amides is 2. The lowest BCUT2D eigenvalue weighted by molar-refractivity contribution is -0.128. The summed E-state index contributed by atoms with van der Waals surface area (Å²) in [6.45, 7) is 2.72. The van der Waals surface area contributed by atoms with E-state index in [0.717, 1.165) is 63.6 Å². The molecule has 2 heterocycles. The van der Waals surface area contributed by atoms with Crippen LogP contribution in [0.1, 0.15) is 66.6 Å². The second-order valence-electron chi connectivity index (χ2n) is 11.1. The van der Waals surface area contributed by atoms with Gasteiger partial charge in [-0.05, 0) is 98.9 Å². The molecule has 200 valence electrons. The Hall–Kier alpha value is -2.29. The summed E-state index contributed by atoms with van der Waals surface area (Å²) in [5.41, 5.74) is 6.93. The lowest BCUT2D eigenvalue weighted by Crippen LogP contribution is -2.57. The van der Waals surface area contributed by atoms with Gasteiger partial charge < -0.3 is 16.0 Å². The van der Waals surface area contributed by atoms with Crippen molar-refractivity contribution in [3.63, 3.8) is 0 Å². The largest absolute Gasteiger partial charge is 0.354 e. The van der Waals surface area contributed by atoms with Crippen molar-refractivity contribution >= 4 is 23.2 Å². The summed E-state index contributed by atoms with van der Waals surface area (Å²) >= 11 is 1.43. The van der Waals surface area contributed by atoms with E-state index in [0.29, 0.717) is 42.3 Å². The maximum Gasteiger partial charge on any atom is 0.264 e. The van der Waals surface area contributed by atoms with Crippen molar-refractivity contribution in [1.82, 2.24) is 15.1 Å². The van der Waals surface area contributed by atoms with Crippen LogP contribution >= 0.6 is 11.3 Å². The fourth-order valence-corrected chi connectivity index (χ4v) is 6.76. The highest BCUT2D eigenvalue weighted by Crippen LogP contribution is 2.35. The van der Waals surface area contributed by atoms with Crippen molar-refractivity contribution in [3.8, 4) is 0 Å². The summed E-state index contributed by atoms with van der Waals surface area (Å²) in [4.78, 5) is 32.0. The van der Waals surface area contributed by atoms with E-state index in [-0.39, 0.29) is 23.7 Å². The standard InChI is InChI=1S/C29H39FN4O2S/c30-23-9-7-22(8-10-23)19-34(24-11-12-24)25-13-14-33(29(36)27-2-1-15-37-27)26(16-25)28(35)32-18-21-5-3-20(17-31)4-6-21/h1-2,7-10,15,20-21,24-26H,3-6,11-14,16-19,31H2,(H,32,35)/t20?,21?,25?,26-/m1/s1. The normalized spacial score (nSPS) is 26.3. The van der Waals surface area contributed by atoms with Crippen molar-refractivity contribution in [2.45, 2.75) is 76.0 Å². The van der Waals surface area contributed by atoms with Crippen LogP contribution in [0, 0.1) is 17.7 Å². The predicted molar refractivity (Wildman–Crippen MR) is 145 cm³/mol. The minimum absolute atomic E-state index is 0.0342. The Bertz CT molecular complexity index is 1030. The van der Waals surface area contributed by atoms with Crippen LogP contribution in [-0.4, -0.2) is 59.4 Å². The Labute approximate surface area is 223 Å². The summed E-state index contributed by atoms with van der Waals surface area (Å²) in [6, 6.07) is 10.7. The van der Waals surface area contributed by atoms with E-state index in [1.165, 1.54) is 23.5 Å². The molecule has 1 saturated heterocycles. The van der Waals surface area contributed by atoms with Crippen molar-refractivity contribution in [2.24, 2.45) is 17.6 Å². The summed E-state index contributed by atoms with van der Waals surface area (Å²) < 4.78 is 13.5. The smallest absolute Gasteiger partial charge is 0.264 e. The van der Waals surface area contributed by atoms with E-state index in [1.807, 2.05) is 29.6 Å². The third kappa shape index (κ3) is 6.59. The quantitative estimate of drug-likeness (QED) is 0.508. The molecule has 2 aliphatic carbocycles. The van der Waals surface area contributed by atoms with Crippen LogP contribution in [0.25, 0.3) is 0 Å². The van der Waals surface area contributed by atoms with Crippen molar-refractivity contribution in [3.05, 3.63) is 58.0 Å². The van der Waals surface area contributed by atoms with Gasteiger partial charge in [-0.1, -0.05) is 18.2 Å². The third-order valence-electron chi connectivity index (χ3n) is 8.50. The van der Waals surface area contributed by atoms with Gasteiger partial charge in [-0.3, -0.25) is 14.5 Å². The van der Waals surface area contributed by atoms with Crippen LogP contribution in [-0.2, 0) is 11.3 Å². The summed E-state index contributed by atoms with van der Waals surface area (Å²) in [5, 5.41) is 5.13. The first kappa shape index (κ1) is 26.3. The molecular formula is C29H39FN4O2S. The van der Waals surface area contributed by atoms with E-state index >= 15 is 0 Å². The van der Waals surface area contributed by atoms with Gasteiger partial charge in [0.25, 0.3) is 5.91 Å². The zero-order valence-electron chi connectivity index (χ0n) is 21.5. The molecule has 2 atom stereocenters. The van der Waals surface area contributed by atoms with Gasteiger partial charge in [-0.15, -0.1) is 11.3 Å². The molecule has 6 nitrogen and oxygen atoms in total. The van der Waals surface area contributed by atoms with Gasteiger partial charge in [0.1, 0.15) is 11.9 Å². The second kappa shape index (κ2) is 12.0. The number of carbonyl (C=O) groups is 2. The molecule has 3 fully saturated rings. The molecule has 3 N–H and O–H groups in total. The predicted octanol–water partition coefficient (Wildman–Crippen LogP) is 4.41. The van der Waals surface area contributed by atoms with E-state index < -0.39 is 6.04 Å². The first-order chi connectivity index (χ1) is 18.0. The first-order valence-corrected chi connectivity index (χ1v) is 14.7. The number of piperidine rings is 1. The Morgan fingerprint density at radius 2 is 1.73 bits per heavy atom. The number of nitrogens with two attached hydrogens (primary N) is 1. The number of rotatable bonds is 9. The van der Waals surface area contributed by atoms with Crippen LogP contribution in [0.2, 0.25) is 0 Å². The number of likely N-dealkylation sites (tertiary alicyclic amines) is 1. The van der Waals surface area contributed by atoms with Crippen molar-refractivity contribution < 1.29 is 14.0 Å². The maximum absolute atomic E-state index is 13.6. The molecule has 1 unspecified atom stereocenters. The Kier molecular flexibility index (Phi) is 8.57. The van der Waals surface area contributed by atoms with Gasteiger partial charge in [0.05, 0.1) is 4.88 Å². The molecule has 1 aromatic carbocycles. The summed E-state index contributed by atoms with van der Waals surface area (Å²) in [5.74, 6) is 0.783. The lowest BCUT2D eigenvalue weighted by atomic mass is 9.82. The monoisotopic (exact) mass is 526 g/mol. The highest BCUT2D eigenvalue weighted by molar-refractivity contribution is 7.12. The molecule has 1 aromatic heterocycles. The van der Waals surface area contributed by atoms with Crippen LogP contribution in [0.15, 0.2) is 41.8 Å². The minimum atomic E-state index is -0.483. The molecule has 5 rings (SSSR count). The summed E-state index contributed by atoms with van der Waals surface area (Å²) in [7, 11) is 0. The van der Waals surface area contributed by atoms with E-state index in [4.69, 9.17) is 5.73 Å². The number of benzene rings is 1. The highest BCUT2D eigenvalue weighted by atomic mass is 32.1. The van der Waals surface area contributed by atoms with E-state index in [9.17, 15) is 14.0 Å². The molecule has 0 bridgehead atoms. The van der Waals surface area contributed by atoms with Gasteiger partial charge >= 0.3 is 0 Å². The Balaban J connectivity index is 1.28. The van der Waals surface area contributed by atoms with Crippen LogP contribution < -0.4 is 11.1 Å². The molecule has 0 radical (unpaired) electrons. The first-order valence-electron chi connectivity index (χ1n) is 13.8. The highest BCUT2D eigenvalue weighted by Gasteiger charge is 2.42. The van der Waals surface area contributed by atoms with Crippen LogP contribution in [0.3, 0.4) is 0 Å². The summed E-state index contributed by atoms with van der Waals surface area (Å²) in [6.07, 6.45) is 8.22. The van der Waals surface area contributed by atoms with Gasteiger partial charge in [0, 0.05) is 31.7 Å². The molecule has 1 aliphatic heterocycles. The molecule has 3 aliphatic rings. The average molecular weight is 527 g/mol. The molecule has 2 amide bonds. The SMILES string of the molecule is NCC1CCC(CNC(=O)[C@H]2CC(N(Cc3ccc(F)cc3)C3CC3)CCN2C(=O)c2cccs2)CC1. The van der Waals surface area contributed by atoms with Crippen LogP contribution in [0.4, 0.5) is 4.39 Å². The fraction of sp³-hybridized carbons (Fsp3) is 0.586. The molecular weight excluding hydrogens is 487 g/mol. The number of hydrogen-bond donors (Lipinski definition) is 2. The minimum Gasteiger partial charge on any atom is -0.354 e. The topological polar surface area (TPSA) is 78.7 Å². The zero-order valence-corrected chi connectivity index (χ0v) is 22.3. The number of thiophene rings is 1. The number of halogens is 1. The van der Waals surface area contributed by atoms with Gasteiger partial charge in [0.15, 0.2) is 0 Å². The van der Waals surface area contributed by atoms with Crippen LogP contribution in [0.5, 0.6) is 0 Å². The third-order valence-corrected chi connectivity index (χ3v) is 9.36. The molecule has 37 heavy (non-hydrogen) atoms. The van der Waals surface area contributed by atoms with Gasteiger partial charge in [0.2, 0.25) is 5.91 Å². The van der Waals surface area contributed by atoms with Gasteiger partial charge in [-0.2, -0.15) is 0 Å². The molecule has 8 heteroatoms. The Morgan fingerprint density at radius 3 is 2.38 bits per heavy atom. The molecule has 2 aromatic rings. The van der Waals surface area contributed by atoms with Crippen molar-refractivity contribution in [2.75, 3.05) is 19.6 Å². The van der Waals surface area contributed by atoms with Gasteiger partial charge in [-0.25, -0.2) is 4.39 Å². The van der Waals surface area contributed by atoms with E-state index in [2.05, 4.69) is 10.2 Å². The number of carbonyl (C=O) groups excluding carboxylic acids is 2. The fourth-order valence-electron chi connectivity index (χ4n) is 6.08. The maximum atomic E-state index is 13.6. The van der Waals surface area contributed by atoms with Crippen molar-refractivity contribution in [1.29, 1.82) is 0 Å². The average Bonchev–Trinajstić information content (AvgIpc) is 3.63. The van der Waals surface area contributed by atoms with E-state index in [1.54, 1.807) is 4.90 Å².